The van der Waals surface area contributed by atoms with Gasteiger partial charge in [0, 0.05) is 169 Å². The van der Waals surface area contributed by atoms with Crippen LogP contribution in [0.3, 0.4) is 0 Å². The van der Waals surface area contributed by atoms with Crippen molar-refractivity contribution in [1.29, 1.82) is 0 Å². The summed E-state index contributed by atoms with van der Waals surface area (Å²) in [6.45, 7) is 11.3. The molecule has 7 heterocycles. The van der Waals surface area contributed by atoms with E-state index in [1.54, 1.807) is 103 Å². The number of imide groups is 4. The number of methoxy groups -OCH3 is 3. The Morgan fingerprint density at radius 1 is 0.458 bits per heavy atom. The highest BCUT2D eigenvalue weighted by molar-refractivity contribution is 8.77. The Labute approximate surface area is 782 Å². The van der Waals surface area contributed by atoms with Gasteiger partial charge in [0.15, 0.2) is 6.04 Å². The molecule has 4 fully saturated rings. The van der Waals surface area contributed by atoms with E-state index in [1.165, 1.54) is 14.2 Å². The molecule has 0 bridgehead atoms. The minimum absolute atomic E-state index is 0. The molecule has 0 aromatic carbocycles. The zero-order chi connectivity index (χ0) is 97.1. The van der Waals surface area contributed by atoms with Crippen LogP contribution < -0.4 is 64.6 Å². The van der Waals surface area contributed by atoms with E-state index in [2.05, 4.69) is 53.2 Å². The van der Waals surface area contributed by atoms with Gasteiger partial charge in [-0.1, -0.05) is 72.2 Å². The Balaban J connectivity index is 0.000000589. The second-order valence-electron chi connectivity index (χ2n) is 31.1. The van der Waals surface area contributed by atoms with Crippen molar-refractivity contribution in [2.24, 2.45) is 11.5 Å². The van der Waals surface area contributed by atoms with Crippen LogP contribution in [0.4, 0.5) is 22.8 Å². The highest BCUT2D eigenvalue weighted by atomic mass is 33.1. The number of nitrogens with zero attached hydrogens (tertiary/aromatic N) is 4. The number of hydrogen-bond donors (Lipinski definition) is 12. The fourth-order valence-corrected chi connectivity index (χ4v) is 19.0. The van der Waals surface area contributed by atoms with E-state index in [0.717, 1.165) is 113 Å². The van der Waals surface area contributed by atoms with Crippen molar-refractivity contribution in [2.75, 3.05) is 115 Å². The third-order valence-electron chi connectivity index (χ3n) is 18.3. The van der Waals surface area contributed by atoms with Crippen molar-refractivity contribution in [2.45, 2.75) is 230 Å². The Kier molecular flexibility index (Phi) is 56.9. The van der Waals surface area contributed by atoms with Crippen LogP contribution in [0.1, 0.15) is 158 Å². The fraction of sp³-hybridized carbons (Fsp3) is 0.675. The highest BCUT2D eigenvalue weighted by Gasteiger charge is 2.44. The number of aldehydes is 1. The van der Waals surface area contributed by atoms with Gasteiger partial charge < -0.3 is 93.2 Å². The molecule has 4 saturated heterocycles. The molecule has 7 rings (SSSR count). The largest absolute Gasteiger partial charge is 0.446 e. The minimum atomic E-state index is -4.64. The minimum Gasteiger partial charge on any atom is -0.444 e. The third-order valence-corrected chi connectivity index (χ3v) is 25.8. The van der Waals surface area contributed by atoms with Crippen molar-refractivity contribution in [1.82, 2.24) is 72.9 Å². The first-order chi connectivity index (χ1) is 61.5. The second-order valence-corrected chi connectivity index (χ2v) is 39.0. The summed E-state index contributed by atoms with van der Waals surface area (Å²) in [5.41, 5.74) is 10.00. The molecule has 0 aliphatic carbocycles. The number of carbonyl (C=O) groups is 20. The van der Waals surface area contributed by atoms with E-state index < -0.39 is 150 Å². The number of carbonyl (C=O) groups excluding carboxylic acids is 20. The highest BCUT2D eigenvalue weighted by Crippen LogP contribution is 2.32. The predicted octanol–water partition coefficient (Wildman–Crippen LogP) is 1.90. The number of hydroxylamine groups is 2. The summed E-state index contributed by atoms with van der Waals surface area (Å²) in [6, 6.07) is -6.26. The second kappa shape index (κ2) is 63.2. The number of unbranched alkanes of at least 4 members (excludes halogenated alkanes) is 3. The van der Waals surface area contributed by atoms with E-state index in [4.69, 9.17) is 44.8 Å². The van der Waals surface area contributed by atoms with Gasteiger partial charge in [-0.25, -0.2) is 14.4 Å². The zero-order valence-electron chi connectivity index (χ0n) is 74.0. The molecule has 738 valence electrons. The van der Waals surface area contributed by atoms with Crippen LogP contribution in [0.5, 0.6) is 0 Å². The number of alkyl halides is 3. The standard InChI is InChI=1S/C26H41N5O8S2.C21H33N5O6S2.C16H19N3O8.C14H27N3O3S2.C2HF3O.CH4/c1-26(2,3)39-25(37)28-15-19(31-21(33)8-9-22(31)34)24(36)30-18(23(35)29-17-11-14-40-41-16-17)7-5-6-12-27-20(32)10-13-38-4;1-32-10-7-17(27)23-9-3-2-4-15(20(30)24-14-8-11-33-34-13-14)25-21(31)16(12-22)26-18(28)5-6-19(26)29;1-16(2,3)26-15(25)17-8-9(18-10(20)4-5-11(18)21)14(24)27-19-12(22)6-7-13(19)23;1-20-8-5-13(18)16-7-3-2-4-12(15)14(19)17-11-6-9-21-22-10-11;3-2(4,5)1-6;/h8-9,17-19H,5-7,10-16H2,1-4H3,(H,27,32)(H,28,37)(H,29,35)(H,30,36);5-6,14-16H,2-4,7-13,22H2,1H3,(H,23,27)(H,24,30)(H,25,31);4-5,9H,6-8H2,1-3H3,(H,17,25);11-12H,2-10,15H2,1H3,(H,16,18)(H,17,19);1H;1H4/t17?,18-,19-;14?,15-,16-;9-;11?,12-;;/m0000../s1. The topological polar surface area (TPSA) is 582 Å². The summed E-state index contributed by atoms with van der Waals surface area (Å²) in [7, 11) is 15.1. The van der Waals surface area contributed by atoms with Gasteiger partial charge in [0.2, 0.25) is 53.5 Å². The lowest BCUT2D eigenvalue weighted by Crippen LogP contribution is -2.59. The van der Waals surface area contributed by atoms with E-state index in [0.29, 0.717) is 94.4 Å². The monoisotopic (exact) mass is 1970 g/mol. The lowest BCUT2D eigenvalue weighted by Gasteiger charge is -2.29. The molecule has 42 nitrogen and oxygen atoms in total. The molecule has 3 unspecified atom stereocenters. The molecule has 14 N–H and O–H groups in total. The molecule has 7 aliphatic rings. The molecule has 0 aromatic heterocycles. The van der Waals surface area contributed by atoms with Crippen LogP contribution in [0.15, 0.2) is 36.5 Å². The van der Waals surface area contributed by atoms with Gasteiger partial charge in [0.25, 0.3) is 47.3 Å². The average Bonchev–Trinajstić information content (AvgIpc) is 1.69. The van der Waals surface area contributed by atoms with Gasteiger partial charge in [-0.05, 0) is 119 Å². The summed E-state index contributed by atoms with van der Waals surface area (Å²) >= 11 is 0. The van der Waals surface area contributed by atoms with Crippen LogP contribution in [0.25, 0.3) is 0 Å². The smallest absolute Gasteiger partial charge is 0.444 e. The van der Waals surface area contributed by atoms with Crippen molar-refractivity contribution < 1.29 is 138 Å². The number of halogens is 3. The molecule has 131 heavy (non-hydrogen) atoms. The van der Waals surface area contributed by atoms with E-state index in [9.17, 15) is 104 Å². The number of hydrogen-bond acceptors (Lipinski definition) is 34. The fourth-order valence-electron chi connectivity index (χ4n) is 11.7. The first-order valence-electron chi connectivity index (χ1n) is 41.6. The summed E-state index contributed by atoms with van der Waals surface area (Å²) < 4.78 is 56.1. The van der Waals surface area contributed by atoms with Gasteiger partial charge in [-0.15, -0.1) is 5.06 Å². The molecule has 0 aromatic rings. The van der Waals surface area contributed by atoms with Crippen molar-refractivity contribution in [3.63, 3.8) is 0 Å². The van der Waals surface area contributed by atoms with Gasteiger partial charge in [-0.2, -0.15) is 13.2 Å². The van der Waals surface area contributed by atoms with E-state index in [-0.39, 0.29) is 99.6 Å². The molecule has 9 atom stereocenters. The molecular weight excluding hydrogens is 1850 g/mol. The number of alkyl carbamates (subject to hydrolysis) is 2. The van der Waals surface area contributed by atoms with E-state index in [1.807, 2.05) is 10.8 Å². The molecule has 7 aliphatic heterocycles. The van der Waals surface area contributed by atoms with Crippen LogP contribution in [-0.2, 0) is 115 Å². The lowest BCUT2D eigenvalue weighted by molar-refractivity contribution is -0.201. The Bertz CT molecular complexity index is 3850. The Hall–Kier alpha value is -9.09. The Morgan fingerprint density at radius 3 is 1.08 bits per heavy atom. The number of rotatable bonds is 44. The van der Waals surface area contributed by atoms with Gasteiger partial charge in [-0.3, -0.25) is 96.2 Å². The maximum atomic E-state index is 13.5. The van der Waals surface area contributed by atoms with Crippen LogP contribution in [-0.4, -0.2) is 325 Å². The van der Waals surface area contributed by atoms with Crippen LogP contribution in [0.2, 0.25) is 0 Å². The quantitative estimate of drug-likeness (QED) is 0.0179. The zero-order valence-corrected chi connectivity index (χ0v) is 78.9. The van der Waals surface area contributed by atoms with Crippen LogP contribution >= 0.6 is 64.8 Å². The number of amides is 18. The van der Waals surface area contributed by atoms with Crippen molar-refractivity contribution in [3.8, 4) is 0 Å². The molecule has 0 spiro atoms. The Morgan fingerprint density at radius 2 is 0.771 bits per heavy atom. The number of ether oxygens (including phenoxy) is 5. The summed E-state index contributed by atoms with van der Waals surface area (Å²) in [6.07, 6.45) is 7.19. The molecule has 0 saturated carbocycles. The van der Waals surface area contributed by atoms with Crippen molar-refractivity contribution in [3.05, 3.63) is 36.5 Å². The van der Waals surface area contributed by atoms with Gasteiger partial charge >= 0.3 is 24.3 Å². The van der Waals surface area contributed by atoms with Gasteiger partial charge in [0.1, 0.15) is 35.4 Å². The maximum absolute atomic E-state index is 13.5. The first-order valence-corrected chi connectivity index (χ1v) is 49.1. The number of nitrogens with one attached hydrogen (secondary N) is 10. The lowest BCUT2D eigenvalue weighted by atomic mass is 10.1. The van der Waals surface area contributed by atoms with Gasteiger partial charge in [0.05, 0.1) is 39.0 Å². The SMILES string of the molecule is C.CC(C)(C)OC(=O)NC[C@@H](C(=O)ON1C(=O)CCC1=O)N1C(=O)C=CC1=O.COCCC(=O)NCCCC[C@H](N)C(=O)NC1CCSSC1.COCCC(=O)NCCCC[C@H](NC(=O)[C@H](CN)N1C(=O)C=CC1=O)C(=O)NC1CCSSC1.COCCC(=O)NCCCC[C@H](NC(=O)[C@H](CNC(=O)OC(C)(C)C)N1C(=O)C=CC1=O)C(=O)NC1CCSSC1.O=CC(F)(F)F. The maximum Gasteiger partial charge on any atom is 0.446 e. The van der Waals surface area contributed by atoms with Crippen LogP contribution in [0, 0.1) is 0 Å². The van der Waals surface area contributed by atoms with E-state index >= 15 is 0 Å². The molecule has 0 radical (unpaired) electrons. The molecule has 51 heteroatoms. The predicted molar refractivity (Wildman–Crippen MR) is 484 cm³/mol. The molecular formula is C80H125F3N16O26S6. The third kappa shape index (κ3) is 48.4. The summed E-state index contributed by atoms with van der Waals surface area (Å²) in [5, 5.41) is 27.8. The summed E-state index contributed by atoms with van der Waals surface area (Å²) in [4.78, 5) is 247. The molecule has 18 amide bonds. The number of nitrogens with two attached hydrogens (primary N) is 2. The average molecular weight is 1980 g/mol. The van der Waals surface area contributed by atoms with Crippen molar-refractivity contribution >= 4 is 184 Å². The first kappa shape index (κ1) is 118. The summed E-state index contributed by atoms with van der Waals surface area (Å²) in [5.74, 6) is -3.98. The normalized spacial score (nSPS) is 18.4.